The lowest BCUT2D eigenvalue weighted by Gasteiger charge is -2.41. The maximum atomic E-state index is 12.3. The van der Waals surface area contributed by atoms with E-state index in [9.17, 15) is 14.7 Å². The van der Waals surface area contributed by atoms with E-state index in [1.807, 2.05) is 0 Å². The van der Waals surface area contributed by atoms with Crippen LogP contribution < -0.4 is 0 Å². The maximum absolute atomic E-state index is 12.3. The van der Waals surface area contributed by atoms with Crippen LogP contribution in [-0.2, 0) is 4.79 Å². The number of amides is 1. The monoisotopic (exact) mass is 248 g/mol. The summed E-state index contributed by atoms with van der Waals surface area (Å²) in [5.41, 5.74) is -0.669. The van der Waals surface area contributed by atoms with E-state index in [4.69, 9.17) is 0 Å². The number of rotatable bonds is 2. The predicted molar refractivity (Wildman–Crippen MR) is 65.2 cm³/mol. The van der Waals surface area contributed by atoms with E-state index < -0.39 is 11.5 Å². The summed E-state index contributed by atoms with van der Waals surface area (Å²) in [7, 11) is 0. The molecule has 1 amide bonds. The molecule has 0 bridgehead atoms. The molecule has 5 nitrogen and oxygen atoms in total. The fourth-order valence-electron chi connectivity index (χ4n) is 2.31. The minimum atomic E-state index is -1.11. The summed E-state index contributed by atoms with van der Waals surface area (Å²) in [4.78, 5) is 29.1. The van der Waals surface area contributed by atoms with Crippen LogP contribution >= 0.6 is 0 Å². The minimum absolute atomic E-state index is 0.257. The lowest BCUT2D eigenvalue weighted by atomic mass is 9.88. The van der Waals surface area contributed by atoms with Gasteiger partial charge in [-0.3, -0.25) is 9.78 Å². The number of piperidine rings is 1. The first-order chi connectivity index (χ1) is 8.55. The smallest absolute Gasteiger partial charge is 0.329 e. The SMILES string of the molecule is CC1(C(=O)O)CCCCN1C(=O)c1cccnc1. The molecule has 18 heavy (non-hydrogen) atoms. The van der Waals surface area contributed by atoms with Crippen molar-refractivity contribution in [2.75, 3.05) is 6.54 Å². The van der Waals surface area contributed by atoms with Crippen LogP contribution in [0.3, 0.4) is 0 Å². The molecule has 5 heteroatoms. The molecule has 1 aliphatic rings. The highest BCUT2D eigenvalue weighted by Gasteiger charge is 2.44. The Labute approximate surface area is 105 Å². The van der Waals surface area contributed by atoms with Gasteiger partial charge in [-0.2, -0.15) is 0 Å². The third-order valence-electron chi connectivity index (χ3n) is 3.51. The molecule has 1 atom stereocenters. The Morgan fingerprint density at radius 3 is 2.83 bits per heavy atom. The van der Waals surface area contributed by atoms with Gasteiger partial charge in [0, 0.05) is 18.9 Å². The predicted octanol–water partition coefficient (Wildman–Crippen LogP) is 1.55. The Hall–Kier alpha value is -1.91. The molecule has 0 radical (unpaired) electrons. The molecule has 0 aliphatic carbocycles. The Balaban J connectivity index is 2.30. The number of hydrogen-bond donors (Lipinski definition) is 1. The number of aromatic nitrogens is 1. The number of likely N-dealkylation sites (tertiary alicyclic amines) is 1. The second-order valence-electron chi connectivity index (χ2n) is 4.73. The third-order valence-corrected chi connectivity index (χ3v) is 3.51. The Morgan fingerprint density at radius 2 is 2.22 bits per heavy atom. The van der Waals surface area contributed by atoms with Gasteiger partial charge in [0.2, 0.25) is 0 Å². The number of carboxylic acid groups (broad SMARTS) is 1. The van der Waals surface area contributed by atoms with Gasteiger partial charge in [0.25, 0.3) is 5.91 Å². The summed E-state index contributed by atoms with van der Waals surface area (Å²) in [5, 5.41) is 9.35. The van der Waals surface area contributed by atoms with Gasteiger partial charge < -0.3 is 10.0 Å². The zero-order chi connectivity index (χ0) is 13.2. The van der Waals surface area contributed by atoms with Crippen LogP contribution in [0.1, 0.15) is 36.5 Å². The first-order valence-electron chi connectivity index (χ1n) is 6.01. The Morgan fingerprint density at radius 1 is 1.44 bits per heavy atom. The van der Waals surface area contributed by atoms with Crippen molar-refractivity contribution in [2.45, 2.75) is 31.7 Å². The van der Waals surface area contributed by atoms with Gasteiger partial charge in [0.05, 0.1) is 5.56 Å². The zero-order valence-electron chi connectivity index (χ0n) is 10.3. The van der Waals surface area contributed by atoms with E-state index in [1.165, 1.54) is 11.1 Å². The largest absolute Gasteiger partial charge is 0.480 e. The Bertz CT molecular complexity index is 461. The molecule has 1 saturated heterocycles. The fourth-order valence-corrected chi connectivity index (χ4v) is 2.31. The summed E-state index contributed by atoms with van der Waals surface area (Å²) in [6.07, 6.45) is 5.23. The number of nitrogens with zero attached hydrogens (tertiary/aromatic N) is 2. The van der Waals surface area contributed by atoms with E-state index >= 15 is 0 Å². The lowest BCUT2D eigenvalue weighted by Crippen LogP contribution is -2.57. The standard InChI is InChI=1S/C13H16N2O3/c1-13(12(17)18)6-2-3-8-15(13)11(16)10-5-4-7-14-9-10/h4-5,7,9H,2-3,6,8H2,1H3,(H,17,18). The number of carbonyl (C=O) groups is 2. The molecule has 2 heterocycles. The van der Waals surface area contributed by atoms with Crippen LogP contribution in [-0.4, -0.2) is 39.0 Å². The van der Waals surface area contributed by atoms with Crippen molar-refractivity contribution in [3.05, 3.63) is 30.1 Å². The van der Waals surface area contributed by atoms with Crippen molar-refractivity contribution >= 4 is 11.9 Å². The van der Waals surface area contributed by atoms with E-state index in [1.54, 1.807) is 25.3 Å². The van der Waals surface area contributed by atoms with Crippen molar-refractivity contribution < 1.29 is 14.7 Å². The Kier molecular flexibility index (Phi) is 3.32. The average Bonchev–Trinajstić information content (AvgIpc) is 2.39. The van der Waals surface area contributed by atoms with Crippen molar-refractivity contribution in [3.8, 4) is 0 Å². The van der Waals surface area contributed by atoms with Crippen molar-refractivity contribution in [1.29, 1.82) is 0 Å². The lowest BCUT2D eigenvalue weighted by molar-refractivity contribution is -0.150. The molecule has 0 saturated carbocycles. The highest BCUT2D eigenvalue weighted by Crippen LogP contribution is 2.29. The van der Waals surface area contributed by atoms with Gasteiger partial charge in [-0.25, -0.2) is 4.79 Å². The van der Waals surface area contributed by atoms with E-state index in [-0.39, 0.29) is 5.91 Å². The summed E-state index contributed by atoms with van der Waals surface area (Å²) in [6.45, 7) is 2.10. The maximum Gasteiger partial charge on any atom is 0.329 e. The number of hydrogen-bond acceptors (Lipinski definition) is 3. The minimum Gasteiger partial charge on any atom is -0.480 e. The van der Waals surface area contributed by atoms with Crippen LogP contribution in [0.5, 0.6) is 0 Å². The van der Waals surface area contributed by atoms with Gasteiger partial charge in [-0.05, 0) is 38.3 Å². The zero-order valence-corrected chi connectivity index (χ0v) is 10.3. The second kappa shape index (κ2) is 4.76. The molecule has 2 rings (SSSR count). The van der Waals surface area contributed by atoms with Crippen LogP contribution in [0.2, 0.25) is 0 Å². The van der Waals surface area contributed by atoms with Gasteiger partial charge in [0.15, 0.2) is 0 Å². The highest BCUT2D eigenvalue weighted by molar-refractivity contribution is 5.97. The number of carboxylic acids is 1. The molecule has 1 aromatic rings. The number of aliphatic carboxylic acids is 1. The molecule has 0 spiro atoms. The normalized spacial score (nSPS) is 23.7. The number of pyridine rings is 1. The summed E-state index contributed by atoms with van der Waals surface area (Å²) in [5.74, 6) is -1.20. The fraction of sp³-hybridized carbons (Fsp3) is 0.462. The topological polar surface area (TPSA) is 70.5 Å². The molecule has 1 unspecified atom stereocenters. The second-order valence-corrected chi connectivity index (χ2v) is 4.73. The molecular weight excluding hydrogens is 232 g/mol. The molecule has 96 valence electrons. The van der Waals surface area contributed by atoms with Gasteiger partial charge in [-0.15, -0.1) is 0 Å². The molecule has 1 aliphatic heterocycles. The van der Waals surface area contributed by atoms with Crippen molar-refractivity contribution in [2.24, 2.45) is 0 Å². The van der Waals surface area contributed by atoms with Gasteiger partial charge >= 0.3 is 5.97 Å². The van der Waals surface area contributed by atoms with E-state index in [0.29, 0.717) is 18.5 Å². The molecular formula is C13H16N2O3. The molecule has 1 N–H and O–H groups in total. The van der Waals surface area contributed by atoms with Crippen molar-refractivity contribution in [1.82, 2.24) is 9.88 Å². The average molecular weight is 248 g/mol. The summed E-state index contributed by atoms with van der Waals surface area (Å²) < 4.78 is 0. The molecule has 1 fully saturated rings. The van der Waals surface area contributed by atoms with Gasteiger partial charge in [0.1, 0.15) is 5.54 Å². The summed E-state index contributed by atoms with van der Waals surface area (Å²) >= 11 is 0. The molecule has 0 aromatic carbocycles. The highest BCUT2D eigenvalue weighted by atomic mass is 16.4. The number of carbonyl (C=O) groups excluding carboxylic acids is 1. The van der Waals surface area contributed by atoms with Crippen LogP contribution in [0.25, 0.3) is 0 Å². The quantitative estimate of drug-likeness (QED) is 0.862. The van der Waals surface area contributed by atoms with Crippen LogP contribution in [0.4, 0.5) is 0 Å². The van der Waals surface area contributed by atoms with Crippen LogP contribution in [0, 0.1) is 0 Å². The van der Waals surface area contributed by atoms with E-state index in [2.05, 4.69) is 4.98 Å². The van der Waals surface area contributed by atoms with Gasteiger partial charge in [-0.1, -0.05) is 0 Å². The third kappa shape index (κ3) is 2.08. The first kappa shape index (κ1) is 12.5. The van der Waals surface area contributed by atoms with E-state index in [0.717, 1.165) is 12.8 Å². The summed E-state index contributed by atoms with van der Waals surface area (Å²) in [6, 6.07) is 3.33. The van der Waals surface area contributed by atoms with Crippen LogP contribution in [0.15, 0.2) is 24.5 Å². The first-order valence-corrected chi connectivity index (χ1v) is 6.01. The molecule has 1 aromatic heterocycles. The van der Waals surface area contributed by atoms with Crippen molar-refractivity contribution in [3.63, 3.8) is 0 Å².